The Morgan fingerprint density at radius 1 is 0.240 bits per heavy atom. The minimum absolute atomic E-state index is 0.0881. The molecule has 0 aliphatic heterocycles. The van der Waals surface area contributed by atoms with Gasteiger partial charge in [0.05, 0.1) is 0 Å². The number of nitrogens with zero attached hydrogens (tertiary/aromatic N) is 2. The molecule has 0 aromatic heterocycles. The summed E-state index contributed by atoms with van der Waals surface area (Å²) >= 11 is 0. The lowest BCUT2D eigenvalue weighted by Gasteiger charge is -2.32. The second kappa shape index (κ2) is 22.2. The normalized spacial score (nSPS) is 19.0. The fourth-order valence-electron chi connectivity index (χ4n) is 19.2. The summed E-state index contributed by atoms with van der Waals surface area (Å²) in [5, 5.41) is 4.75. The summed E-state index contributed by atoms with van der Waals surface area (Å²) in [6.07, 6.45) is 18.7. The SMILES string of the molecule is CC1(C)c2ccccc2-c2ccc(N(c3ccc4c(c3)C(C)(C)C3C=CC=CC43)c3ccc4c(-c5cccc(-c6ccccc6)c5)c5cc(N(c6ccc7c(c6)C(C)(C)c6ccccc6-7)c6ccc7c(c6)C(C)(C)C6C=CC=CC76)ccc5c(-c5cccc(-c6ccccc6)c5)c4c3)cc21. The Bertz CT molecular complexity index is 5350. The standard InChI is InChI=1S/C98H80N2/c1-95(2)85-37-19-15-33-73(85)77-47-41-69(57-89(77)95)99(70-42-48-78-74-34-16-20-38-86(74)96(3,4)90(78)58-70)67-45-51-81-83(55-67)93(65-31-23-29-63(53-65)61-25-11-9-12-26-61)82-52-46-68(56-84(82)94(81)66-32-24-30-64(54-66)62-27-13-10-14-28-62)100(71-43-49-79-75-35-17-21-39-87(75)97(5,6)91(79)59-71)72-44-50-80-76-36-18-22-40-88(76)98(7,8)92(80)60-72/h9-60,73,75,85,87H,1-8H3. The number of hydrogen-bond donors (Lipinski definition) is 0. The largest absolute Gasteiger partial charge is 0.310 e. The molecule has 0 heterocycles. The average molecular weight is 1290 g/mol. The van der Waals surface area contributed by atoms with Gasteiger partial charge in [0.1, 0.15) is 0 Å². The Balaban J connectivity index is 0.894. The molecule has 6 aliphatic rings. The molecule has 482 valence electrons. The summed E-state index contributed by atoms with van der Waals surface area (Å²) in [6, 6.07) is 103. The van der Waals surface area contributed by atoms with Gasteiger partial charge in [0.25, 0.3) is 0 Å². The Morgan fingerprint density at radius 2 is 0.570 bits per heavy atom. The number of allylic oxidation sites excluding steroid dienone is 8. The molecule has 0 N–H and O–H groups in total. The second-order valence-corrected chi connectivity index (χ2v) is 31.2. The maximum absolute atomic E-state index is 2.57. The van der Waals surface area contributed by atoms with E-state index in [9.17, 15) is 0 Å². The van der Waals surface area contributed by atoms with E-state index in [0.29, 0.717) is 23.7 Å². The first kappa shape index (κ1) is 60.1. The highest BCUT2D eigenvalue weighted by Crippen LogP contribution is 2.59. The van der Waals surface area contributed by atoms with Crippen LogP contribution in [0.1, 0.15) is 112 Å². The molecule has 6 aliphatic carbocycles. The van der Waals surface area contributed by atoms with E-state index in [2.05, 4.69) is 381 Å². The molecule has 19 rings (SSSR count). The van der Waals surface area contributed by atoms with Crippen LogP contribution in [0.5, 0.6) is 0 Å². The minimum Gasteiger partial charge on any atom is -0.310 e. The predicted octanol–water partition coefficient (Wildman–Crippen LogP) is 26.4. The Hall–Kier alpha value is -11.1. The molecule has 0 saturated carbocycles. The van der Waals surface area contributed by atoms with Crippen LogP contribution in [0, 0.1) is 11.8 Å². The van der Waals surface area contributed by atoms with Crippen LogP contribution in [0.3, 0.4) is 0 Å². The summed E-state index contributed by atoms with van der Waals surface area (Å²) in [6.45, 7) is 19.4. The van der Waals surface area contributed by atoms with Gasteiger partial charge in [-0.25, -0.2) is 0 Å². The average Bonchev–Trinajstić information content (AvgIpc) is 1.20. The molecule has 13 aromatic carbocycles. The first-order valence-corrected chi connectivity index (χ1v) is 36.0. The van der Waals surface area contributed by atoms with Crippen LogP contribution in [0.15, 0.2) is 316 Å². The predicted molar refractivity (Wildman–Crippen MR) is 423 cm³/mol. The molecule has 0 bridgehead atoms. The van der Waals surface area contributed by atoms with Gasteiger partial charge in [0.15, 0.2) is 0 Å². The first-order valence-electron chi connectivity index (χ1n) is 36.0. The lowest BCUT2D eigenvalue weighted by Crippen LogP contribution is -2.24. The van der Waals surface area contributed by atoms with Gasteiger partial charge in [-0.1, -0.05) is 286 Å². The molecule has 2 nitrogen and oxygen atoms in total. The first-order chi connectivity index (χ1) is 48.6. The minimum atomic E-state index is -0.202. The maximum atomic E-state index is 2.57. The highest BCUT2D eigenvalue weighted by Gasteiger charge is 2.47. The third kappa shape index (κ3) is 9.01. The van der Waals surface area contributed by atoms with Gasteiger partial charge in [-0.15, -0.1) is 0 Å². The van der Waals surface area contributed by atoms with Gasteiger partial charge in [0.2, 0.25) is 0 Å². The zero-order valence-corrected chi connectivity index (χ0v) is 58.2. The van der Waals surface area contributed by atoms with Crippen molar-refractivity contribution < 1.29 is 0 Å². The summed E-state index contributed by atoms with van der Waals surface area (Å²) < 4.78 is 0. The van der Waals surface area contributed by atoms with E-state index in [1.165, 1.54) is 133 Å². The zero-order chi connectivity index (χ0) is 67.6. The van der Waals surface area contributed by atoms with Crippen molar-refractivity contribution in [2.24, 2.45) is 11.8 Å². The summed E-state index contributed by atoms with van der Waals surface area (Å²) in [7, 11) is 0. The van der Waals surface area contributed by atoms with Crippen LogP contribution < -0.4 is 9.80 Å². The molecule has 0 spiro atoms. The van der Waals surface area contributed by atoms with Gasteiger partial charge in [0, 0.05) is 56.8 Å². The lowest BCUT2D eigenvalue weighted by molar-refractivity contribution is 0.394. The molecule has 100 heavy (non-hydrogen) atoms. The molecule has 0 saturated heterocycles. The van der Waals surface area contributed by atoms with E-state index in [1.54, 1.807) is 0 Å². The number of fused-ring (bicyclic) bond motifs is 14. The van der Waals surface area contributed by atoms with Crippen molar-refractivity contribution in [3.63, 3.8) is 0 Å². The van der Waals surface area contributed by atoms with Gasteiger partial charge in [-0.05, 0) is 240 Å². The van der Waals surface area contributed by atoms with Crippen molar-refractivity contribution in [2.45, 2.75) is 88.9 Å². The molecular formula is C98H80N2. The fraction of sp³-hybridized carbons (Fsp3) is 0.163. The number of anilines is 6. The molecular weight excluding hydrogens is 1210 g/mol. The Labute approximate surface area is 589 Å². The van der Waals surface area contributed by atoms with Crippen molar-refractivity contribution >= 4 is 55.7 Å². The van der Waals surface area contributed by atoms with Crippen LogP contribution in [-0.2, 0) is 21.7 Å². The molecule has 0 radical (unpaired) electrons. The molecule has 2 heteroatoms. The molecule has 0 fully saturated rings. The topological polar surface area (TPSA) is 6.48 Å². The van der Waals surface area contributed by atoms with Gasteiger partial charge < -0.3 is 9.80 Å². The van der Waals surface area contributed by atoms with E-state index in [4.69, 9.17) is 0 Å². The summed E-state index contributed by atoms with van der Waals surface area (Å²) in [4.78, 5) is 5.15. The van der Waals surface area contributed by atoms with Gasteiger partial charge >= 0.3 is 0 Å². The lowest BCUT2D eigenvalue weighted by atomic mass is 9.74. The second-order valence-electron chi connectivity index (χ2n) is 31.2. The number of rotatable bonds is 10. The van der Waals surface area contributed by atoms with Crippen LogP contribution in [0.2, 0.25) is 0 Å². The number of benzene rings is 13. The molecule has 4 atom stereocenters. The quantitative estimate of drug-likeness (QED) is 0.126. The molecule has 4 unspecified atom stereocenters. The van der Waals surface area contributed by atoms with E-state index >= 15 is 0 Å². The van der Waals surface area contributed by atoms with E-state index in [-0.39, 0.29) is 21.7 Å². The van der Waals surface area contributed by atoms with Gasteiger partial charge in [-0.2, -0.15) is 0 Å². The Morgan fingerprint density at radius 3 is 1.00 bits per heavy atom. The van der Waals surface area contributed by atoms with Crippen molar-refractivity contribution in [1.82, 2.24) is 0 Å². The monoisotopic (exact) mass is 1280 g/mol. The van der Waals surface area contributed by atoms with Crippen LogP contribution in [-0.4, -0.2) is 0 Å². The third-order valence-electron chi connectivity index (χ3n) is 24.4. The van der Waals surface area contributed by atoms with Crippen molar-refractivity contribution in [3.8, 4) is 66.8 Å². The van der Waals surface area contributed by atoms with E-state index in [1.807, 2.05) is 0 Å². The highest BCUT2D eigenvalue weighted by molar-refractivity contribution is 6.23. The summed E-state index contributed by atoms with van der Waals surface area (Å²) in [5.74, 6) is 1.43. The van der Waals surface area contributed by atoms with Gasteiger partial charge in [-0.3, -0.25) is 0 Å². The van der Waals surface area contributed by atoms with Crippen LogP contribution in [0.4, 0.5) is 34.1 Å². The maximum Gasteiger partial charge on any atom is 0.0468 e. The van der Waals surface area contributed by atoms with Crippen LogP contribution >= 0.6 is 0 Å². The fourth-order valence-corrected chi connectivity index (χ4v) is 19.2. The molecule has 0 amide bonds. The zero-order valence-electron chi connectivity index (χ0n) is 58.2. The Kier molecular flexibility index (Phi) is 13.4. The van der Waals surface area contributed by atoms with Crippen molar-refractivity contribution in [1.29, 1.82) is 0 Å². The smallest absolute Gasteiger partial charge is 0.0468 e. The van der Waals surface area contributed by atoms with E-state index < -0.39 is 0 Å². The summed E-state index contributed by atoms with van der Waals surface area (Å²) in [5.41, 5.74) is 32.1. The molecule has 13 aromatic rings. The third-order valence-corrected chi connectivity index (χ3v) is 24.4. The van der Waals surface area contributed by atoms with Crippen molar-refractivity contribution in [2.75, 3.05) is 9.80 Å². The number of hydrogen-bond acceptors (Lipinski definition) is 2. The van der Waals surface area contributed by atoms with E-state index in [0.717, 1.165) is 34.1 Å². The highest BCUT2D eigenvalue weighted by atomic mass is 15.1. The van der Waals surface area contributed by atoms with Crippen molar-refractivity contribution in [3.05, 3.63) is 360 Å². The van der Waals surface area contributed by atoms with Crippen LogP contribution in [0.25, 0.3) is 88.3 Å².